The normalized spacial score (nSPS) is 27.2. The first-order valence-electron chi connectivity index (χ1n) is 6.52. The van der Waals surface area contributed by atoms with Crippen LogP contribution < -0.4 is 5.32 Å². The summed E-state index contributed by atoms with van der Waals surface area (Å²) in [5, 5.41) is 3.55. The van der Waals surface area contributed by atoms with E-state index in [1.807, 2.05) is 0 Å². The van der Waals surface area contributed by atoms with Crippen molar-refractivity contribution in [2.45, 2.75) is 33.1 Å². The summed E-state index contributed by atoms with van der Waals surface area (Å²) in [5.74, 6) is 0.666. The predicted molar refractivity (Wildman–Crippen MR) is 66.7 cm³/mol. The van der Waals surface area contributed by atoms with E-state index in [9.17, 15) is 0 Å². The van der Waals surface area contributed by atoms with Crippen LogP contribution in [0, 0.1) is 11.3 Å². The zero-order valence-electron chi connectivity index (χ0n) is 11.1. The first-order valence-corrected chi connectivity index (χ1v) is 6.52. The van der Waals surface area contributed by atoms with Crippen LogP contribution in [0.2, 0.25) is 0 Å². The molecule has 0 spiro atoms. The Labute approximate surface area is 99.9 Å². The van der Waals surface area contributed by atoms with Crippen molar-refractivity contribution in [1.29, 1.82) is 0 Å². The van der Waals surface area contributed by atoms with Crippen LogP contribution in [0.5, 0.6) is 0 Å². The van der Waals surface area contributed by atoms with Crippen molar-refractivity contribution in [3.05, 3.63) is 0 Å². The van der Waals surface area contributed by atoms with Gasteiger partial charge in [0.2, 0.25) is 0 Å². The van der Waals surface area contributed by atoms with Crippen molar-refractivity contribution in [1.82, 2.24) is 5.32 Å². The number of hydrogen-bond acceptors (Lipinski definition) is 3. The van der Waals surface area contributed by atoms with Crippen molar-refractivity contribution in [2.75, 3.05) is 40.0 Å². The Kier molecular flexibility index (Phi) is 6.32. The van der Waals surface area contributed by atoms with Crippen LogP contribution in [0.3, 0.4) is 0 Å². The number of methoxy groups -OCH3 is 1. The first-order chi connectivity index (χ1) is 7.75. The van der Waals surface area contributed by atoms with Crippen molar-refractivity contribution >= 4 is 0 Å². The lowest BCUT2D eigenvalue weighted by Gasteiger charge is -2.34. The van der Waals surface area contributed by atoms with Gasteiger partial charge in [0.1, 0.15) is 0 Å². The molecule has 0 bridgehead atoms. The van der Waals surface area contributed by atoms with Crippen LogP contribution in [-0.4, -0.2) is 40.0 Å². The van der Waals surface area contributed by atoms with Gasteiger partial charge in [0.15, 0.2) is 0 Å². The molecule has 0 aromatic heterocycles. The third-order valence-corrected chi connectivity index (χ3v) is 3.84. The maximum absolute atomic E-state index is 5.61. The van der Waals surface area contributed by atoms with E-state index in [0.29, 0.717) is 11.3 Å². The molecule has 1 N–H and O–H groups in total. The fourth-order valence-corrected chi connectivity index (χ4v) is 2.44. The summed E-state index contributed by atoms with van der Waals surface area (Å²) in [6, 6.07) is 0. The zero-order valence-corrected chi connectivity index (χ0v) is 11.1. The van der Waals surface area contributed by atoms with Crippen molar-refractivity contribution in [3.63, 3.8) is 0 Å². The van der Waals surface area contributed by atoms with Gasteiger partial charge in [-0.05, 0) is 31.7 Å². The molecule has 1 fully saturated rings. The van der Waals surface area contributed by atoms with Crippen LogP contribution in [0.4, 0.5) is 0 Å². The van der Waals surface area contributed by atoms with E-state index >= 15 is 0 Å². The molecule has 0 aromatic carbocycles. The Hall–Kier alpha value is -0.120. The number of nitrogens with one attached hydrogen (secondary N) is 1. The molecule has 0 aromatic rings. The van der Waals surface area contributed by atoms with E-state index in [-0.39, 0.29) is 0 Å². The molecule has 0 saturated carbocycles. The number of hydrogen-bond donors (Lipinski definition) is 1. The minimum Gasteiger partial charge on any atom is -0.385 e. The lowest BCUT2D eigenvalue weighted by Crippen LogP contribution is -2.40. The molecule has 1 saturated heterocycles. The van der Waals surface area contributed by atoms with Gasteiger partial charge in [0.05, 0.1) is 6.61 Å². The zero-order chi connectivity index (χ0) is 11.9. The second kappa shape index (κ2) is 7.25. The second-order valence-electron chi connectivity index (χ2n) is 5.02. The van der Waals surface area contributed by atoms with Crippen molar-refractivity contribution < 1.29 is 9.47 Å². The quantitative estimate of drug-likeness (QED) is 0.646. The molecule has 1 rings (SSSR count). The lowest BCUT2D eigenvalue weighted by atomic mass is 9.74. The maximum Gasteiger partial charge on any atom is 0.0538 e. The third kappa shape index (κ3) is 3.72. The highest BCUT2D eigenvalue weighted by Crippen LogP contribution is 2.37. The van der Waals surface area contributed by atoms with Gasteiger partial charge >= 0.3 is 0 Å². The van der Waals surface area contributed by atoms with Gasteiger partial charge < -0.3 is 14.8 Å². The molecule has 16 heavy (non-hydrogen) atoms. The lowest BCUT2D eigenvalue weighted by molar-refractivity contribution is 0.0863. The molecule has 96 valence electrons. The van der Waals surface area contributed by atoms with Crippen LogP contribution >= 0.6 is 0 Å². The van der Waals surface area contributed by atoms with Crippen LogP contribution in [0.15, 0.2) is 0 Å². The minimum absolute atomic E-state index is 0.341. The highest BCUT2D eigenvalue weighted by molar-refractivity contribution is 4.89. The molecule has 3 nitrogen and oxygen atoms in total. The molecule has 2 unspecified atom stereocenters. The van der Waals surface area contributed by atoms with Crippen LogP contribution in [-0.2, 0) is 9.47 Å². The SMILES string of the molecule is CCCNCC1(C(C)CCOC)CCOC1. The maximum atomic E-state index is 5.61. The van der Waals surface area contributed by atoms with Crippen LogP contribution in [0.25, 0.3) is 0 Å². The van der Waals surface area contributed by atoms with Gasteiger partial charge in [0, 0.05) is 32.3 Å². The molecule has 0 aliphatic carbocycles. The van der Waals surface area contributed by atoms with Gasteiger partial charge in [-0.1, -0.05) is 13.8 Å². The molecule has 2 atom stereocenters. The average molecular weight is 229 g/mol. The molecule has 1 aliphatic heterocycles. The van der Waals surface area contributed by atoms with Gasteiger partial charge in [-0.15, -0.1) is 0 Å². The number of ether oxygens (including phenoxy) is 2. The number of rotatable bonds is 8. The van der Waals surface area contributed by atoms with Crippen LogP contribution in [0.1, 0.15) is 33.1 Å². The van der Waals surface area contributed by atoms with Crippen molar-refractivity contribution in [2.24, 2.45) is 11.3 Å². The average Bonchev–Trinajstić information content (AvgIpc) is 2.76. The topological polar surface area (TPSA) is 30.5 Å². The molecule has 0 amide bonds. The van der Waals surface area contributed by atoms with E-state index in [1.54, 1.807) is 7.11 Å². The van der Waals surface area contributed by atoms with Crippen molar-refractivity contribution in [3.8, 4) is 0 Å². The summed E-state index contributed by atoms with van der Waals surface area (Å²) in [4.78, 5) is 0. The van der Waals surface area contributed by atoms with Gasteiger partial charge in [-0.25, -0.2) is 0 Å². The summed E-state index contributed by atoms with van der Waals surface area (Å²) in [6.07, 6.45) is 3.52. The Morgan fingerprint density at radius 3 is 2.88 bits per heavy atom. The molecular formula is C13H27NO2. The van der Waals surface area contributed by atoms with E-state index in [2.05, 4.69) is 19.2 Å². The van der Waals surface area contributed by atoms with E-state index in [0.717, 1.165) is 39.3 Å². The fraction of sp³-hybridized carbons (Fsp3) is 1.00. The van der Waals surface area contributed by atoms with Gasteiger partial charge in [0.25, 0.3) is 0 Å². The second-order valence-corrected chi connectivity index (χ2v) is 5.02. The molecule has 1 heterocycles. The smallest absolute Gasteiger partial charge is 0.0538 e. The Morgan fingerprint density at radius 2 is 2.31 bits per heavy atom. The monoisotopic (exact) mass is 229 g/mol. The summed E-state index contributed by atoms with van der Waals surface area (Å²) >= 11 is 0. The molecule has 1 aliphatic rings. The Morgan fingerprint density at radius 1 is 1.50 bits per heavy atom. The summed E-state index contributed by atoms with van der Waals surface area (Å²) in [6.45, 7) is 9.43. The van der Waals surface area contributed by atoms with Gasteiger partial charge in [-0.3, -0.25) is 0 Å². The molecule has 0 radical (unpaired) electrons. The Balaban J connectivity index is 2.43. The summed E-state index contributed by atoms with van der Waals surface area (Å²) in [7, 11) is 1.78. The molecular weight excluding hydrogens is 202 g/mol. The summed E-state index contributed by atoms with van der Waals surface area (Å²) < 4.78 is 10.8. The predicted octanol–water partition coefficient (Wildman–Crippen LogP) is 2.07. The largest absolute Gasteiger partial charge is 0.385 e. The first kappa shape index (κ1) is 13.9. The highest BCUT2D eigenvalue weighted by Gasteiger charge is 2.39. The third-order valence-electron chi connectivity index (χ3n) is 3.84. The minimum atomic E-state index is 0.341. The standard InChI is InChI=1S/C13H27NO2/c1-4-7-14-10-13(6-9-16-11-13)12(2)5-8-15-3/h12,14H,4-11H2,1-3H3. The van der Waals surface area contributed by atoms with E-state index in [4.69, 9.17) is 9.47 Å². The summed E-state index contributed by atoms with van der Waals surface area (Å²) in [5.41, 5.74) is 0.341. The van der Waals surface area contributed by atoms with Gasteiger partial charge in [-0.2, -0.15) is 0 Å². The van der Waals surface area contributed by atoms with E-state index < -0.39 is 0 Å². The highest BCUT2D eigenvalue weighted by atomic mass is 16.5. The fourth-order valence-electron chi connectivity index (χ4n) is 2.44. The molecule has 3 heteroatoms. The Bertz CT molecular complexity index is 179. The van der Waals surface area contributed by atoms with E-state index in [1.165, 1.54) is 12.8 Å².